The number of carboxylic acids is 2. The summed E-state index contributed by atoms with van der Waals surface area (Å²) in [6, 6.07) is 13.4. The van der Waals surface area contributed by atoms with Crippen LogP contribution in [0.4, 0.5) is 0 Å². The van der Waals surface area contributed by atoms with Gasteiger partial charge in [-0.25, -0.2) is 9.59 Å². The molecule has 0 aliphatic rings. The van der Waals surface area contributed by atoms with Gasteiger partial charge in [0.2, 0.25) is 0 Å². The van der Waals surface area contributed by atoms with Gasteiger partial charge in [0, 0.05) is 7.14 Å². The highest BCUT2D eigenvalue weighted by Gasteiger charge is 1.99. The molecule has 20 heavy (non-hydrogen) atoms. The van der Waals surface area contributed by atoms with Crippen molar-refractivity contribution in [2.24, 2.45) is 0 Å². The first-order valence-electron chi connectivity index (χ1n) is 5.38. The summed E-state index contributed by atoms with van der Waals surface area (Å²) < 4.78 is 2.09. The fraction of sp³-hybridized carbons (Fsp3) is 0. The molecule has 0 bridgehead atoms. The SMILES string of the molecule is O=C(O)c1ccc(I)cc1.O=C(O)c1ccc(I)cc1. The average molecular weight is 496 g/mol. The Balaban J connectivity index is 0.000000200. The van der Waals surface area contributed by atoms with Gasteiger partial charge < -0.3 is 10.2 Å². The van der Waals surface area contributed by atoms with Crippen LogP contribution in [0.3, 0.4) is 0 Å². The smallest absolute Gasteiger partial charge is 0.335 e. The molecule has 0 atom stereocenters. The molecule has 0 fully saturated rings. The molecule has 2 aromatic carbocycles. The summed E-state index contributed by atoms with van der Waals surface area (Å²) in [6.45, 7) is 0. The minimum atomic E-state index is -0.878. The Morgan fingerprint density at radius 1 is 0.650 bits per heavy atom. The monoisotopic (exact) mass is 496 g/mol. The van der Waals surface area contributed by atoms with Gasteiger partial charge in [-0.2, -0.15) is 0 Å². The van der Waals surface area contributed by atoms with Crippen molar-refractivity contribution in [1.29, 1.82) is 0 Å². The van der Waals surface area contributed by atoms with Crippen LogP contribution in [0.1, 0.15) is 20.7 Å². The van der Waals surface area contributed by atoms with Gasteiger partial charge in [-0.1, -0.05) is 0 Å². The summed E-state index contributed by atoms with van der Waals surface area (Å²) in [6.07, 6.45) is 0. The second kappa shape index (κ2) is 8.20. The van der Waals surface area contributed by atoms with Crippen LogP contribution in [0.5, 0.6) is 0 Å². The van der Waals surface area contributed by atoms with E-state index >= 15 is 0 Å². The maximum atomic E-state index is 10.3. The Hall–Kier alpha value is -1.16. The predicted octanol–water partition coefficient (Wildman–Crippen LogP) is 3.98. The zero-order valence-electron chi connectivity index (χ0n) is 10.1. The van der Waals surface area contributed by atoms with Crippen molar-refractivity contribution < 1.29 is 19.8 Å². The highest BCUT2D eigenvalue weighted by Crippen LogP contribution is 2.06. The normalized spacial score (nSPS) is 9.30. The number of hydrogen-bond donors (Lipinski definition) is 2. The molecule has 0 saturated heterocycles. The van der Waals surface area contributed by atoms with Gasteiger partial charge in [-0.3, -0.25) is 0 Å². The molecule has 0 spiro atoms. The molecule has 0 saturated carbocycles. The van der Waals surface area contributed by atoms with E-state index in [0.29, 0.717) is 11.1 Å². The van der Waals surface area contributed by atoms with E-state index in [-0.39, 0.29) is 0 Å². The maximum absolute atomic E-state index is 10.3. The highest BCUT2D eigenvalue weighted by atomic mass is 127. The lowest BCUT2D eigenvalue weighted by Crippen LogP contribution is -1.94. The number of aromatic carboxylic acids is 2. The molecule has 0 unspecified atom stereocenters. The first kappa shape index (κ1) is 16.9. The van der Waals surface area contributed by atoms with Crippen LogP contribution in [0, 0.1) is 7.14 Å². The predicted molar refractivity (Wildman–Crippen MR) is 92.2 cm³/mol. The number of carboxylic acid groups (broad SMARTS) is 2. The Morgan fingerprint density at radius 2 is 0.900 bits per heavy atom. The number of carbonyl (C=O) groups is 2. The molecule has 0 radical (unpaired) electrons. The topological polar surface area (TPSA) is 74.6 Å². The molecule has 0 aliphatic heterocycles. The van der Waals surface area contributed by atoms with Crippen LogP contribution >= 0.6 is 45.2 Å². The van der Waals surface area contributed by atoms with Gasteiger partial charge in [0.1, 0.15) is 0 Å². The van der Waals surface area contributed by atoms with Gasteiger partial charge in [0.15, 0.2) is 0 Å². The molecule has 4 nitrogen and oxygen atoms in total. The van der Waals surface area contributed by atoms with Crippen molar-refractivity contribution in [2.75, 3.05) is 0 Å². The van der Waals surface area contributed by atoms with Crippen molar-refractivity contribution in [2.45, 2.75) is 0 Å². The summed E-state index contributed by atoms with van der Waals surface area (Å²) >= 11 is 4.25. The van der Waals surface area contributed by atoms with Crippen LogP contribution in [-0.2, 0) is 0 Å². The van der Waals surface area contributed by atoms with Gasteiger partial charge in [-0.05, 0) is 93.7 Å². The fourth-order valence-corrected chi connectivity index (χ4v) is 1.90. The third-order valence-electron chi connectivity index (χ3n) is 2.18. The molecule has 2 rings (SSSR count). The van der Waals surface area contributed by atoms with Crippen molar-refractivity contribution in [3.63, 3.8) is 0 Å². The van der Waals surface area contributed by atoms with Crippen molar-refractivity contribution in [3.05, 3.63) is 66.8 Å². The van der Waals surface area contributed by atoms with Gasteiger partial charge in [0.05, 0.1) is 11.1 Å². The van der Waals surface area contributed by atoms with Crippen LogP contribution in [0.15, 0.2) is 48.5 Å². The largest absolute Gasteiger partial charge is 0.478 e. The third-order valence-corrected chi connectivity index (χ3v) is 3.62. The summed E-state index contributed by atoms with van der Waals surface area (Å²) in [5.74, 6) is -1.76. The average Bonchev–Trinajstić information content (AvgIpc) is 2.40. The van der Waals surface area contributed by atoms with Gasteiger partial charge in [-0.15, -0.1) is 0 Å². The molecule has 2 aromatic rings. The lowest BCUT2D eigenvalue weighted by Gasteiger charge is -1.91. The second-order valence-electron chi connectivity index (χ2n) is 3.62. The van der Waals surface area contributed by atoms with Crippen LogP contribution in [0.2, 0.25) is 0 Å². The van der Waals surface area contributed by atoms with Crippen LogP contribution in [-0.4, -0.2) is 22.2 Å². The molecule has 0 aliphatic carbocycles. The van der Waals surface area contributed by atoms with Crippen molar-refractivity contribution in [1.82, 2.24) is 0 Å². The standard InChI is InChI=1S/2C7H5IO2/c2*8-6-3-1-5(2-4-6)7(9)10/h2*1-4H,(H,9,10). The van der Waals surface area contributed by atoms with E-state index in [1.54, 1.807) is 48.5 Å². The van der Waals surface area contributed by atoms with E-state index < -0.39 is 11.9 Å². The quantitative estimate of drug-likeness (QED) is 0.618. The Labute approximate surface area is 143 Å². The van der Waals surface area contributed by atoms with Gasteiger partial charge >= 0.3 is 11.9 Å². The maximum Gasteiger partial charge on any atom is 0.335 e. The Bertz CT molecular complexity index is 536. The minimum absolute atomic E-state index is 0.334. The van der Waals surface area contributed by atoms with E-state index in [1.807, 2.05) is 0 Å². The highest BCUT2D eigenvalue weighted by molar-refractivity contribution is 14.1. The molecule has 6 heteroatoms. The number of halogens is 2. The van der Waals surface area contributed by atoms with Gasteiger partial charge in [0.25, 0.3) is 0 Å². The lowest BCUT2D eigenvalue weighted by atomic mass is 10.2. The summed E-state index contributed by atoms with van der Waals surface area (Å²) in [4.78, 5) is 20.6. The first-order valence-corrected chi connectivity index (χ1v) is 7.53. The Kier molecular flexibility index (Phi) is 6.93. The summed E-state index contributed by atoms with van der Waals surface area (Å²) in [5.41, 5.74) is 0.667. The molecule has 0 heterocycles. The Morgan fingerprint density at radius 3 is 1.10 bits per heavy atom. The number of benzene rings is 2. The van der Waals surface area contributed by atoms with E-state index in [0.717, 1.165) is 7.14 Å². The minimum Gasteiger partial charge on any atom is -0.478 e. The third kappa shape index (κ3) is 5.87. The zero-order valence-corrected chi connectivity index (χ0v) is 14.4. The fourth-order valence-electron chi connectivity index (χ4n) is 1.18. The molecule has 0 aromatic heterocycles. The number of rotatable bonds is 2. The van der Waals surface area contributed by atoms with E-state index in [1.165, 1.54) is 0 Å². The zero-order chi connectivity index (χ0) is 15.1. The van der Waals surface area contributed by atoms with E-state index in [4.69, 9.17) is 10.2 Å². The van der Waals surface area contributed by atoms with Crippen molar-refractivity contribution >= 4 is 57.1 Å². The molecular formula is C14H10I2O4. The second-order valence-corrected chi connectivity index (χ2v) is 6.12. The molecular weight excluding hydrogens is 486 g/mol. The summed E-state index contributed by atoms with van der Waals surface area (Å²) in [7, 11) is 0. The lowest BCUT2D eigenvalue weighted by molar-refractivity contribution is 0.0686. The van der Waals surface area contributed by atoms with Crippen molar-refractivity contribution in [3.8, 4) is 0 Å². The van der Waals surface area contributed by atoms with Crippen LogP contribution in [0.25, 0.3) is 0 Å². The van der Waals surface area contributed by atoms with E-state index in [9.17, 15) is 9.59 Å². The first-order chi connectivity index (χ1) is 9.40. The van der Waals surface area contributed by atoms with E-state index in [2.05, 4.69) is 45.2 Å². The molecule has 0 amide bonds. The molecule has 104 valence electrons. The summed E-state index contributed by atoms with van der Waals surface area (Å²) in [5, 5.41) is 16.9. The van der Waals surface area contributed by atoms with Crippen LogP contribution < -0.4 is 0 Å². The number of hydrogen-bond acceptors (Lipinski definition) is 2. The molecule has 2 N–H and O–H groups in total.